The van der Waals surface area contributed by atoms with Gasteiger partial charge in [0.15, 0.2) is 17.0 Å². The van der Waals surface area contributed by atoms with E-state index in [-0.39, 0.29) is 25.7 Å². The second-order valence-corrected chi connectivity index (χ2v) is 5.84. The largest absolute Gasteiger partial charge is 0.394 e. The Labute approximate surface area is 144 Å². The first-order valence-corrected chi connectivity index (χ1v) is 8.10. The van der Waals surface area contributed by atoms with Crippen molar-refractivity contribution in [2.75, 3.05) is 58.0 Å². The maximum Gasteiger partial charge on any atom is 0.248 e. The minimum Gasteiger partial charge on any atom is -0.394 e. The first-order valence-electron chi connectivity index (χ1n) is 8.10. The number of amides is 1. The van der Waals surface area contributed by atoms with E-state index in [0.717, 1.165) is 0 Å². The molecule has 3 rings (SSSR count). The molecule has 10 heteroatoms. The Bertz CT molecular complexity index is 724. The lowest BCUT2D eigenvalue weighted by Crippen LogP contribution is -2.50. The Morgan fingerprint density at radius 2 is 1.92 bits per heavy atom. The molecule has 25 heavy (non-hydrogen) atoms. The summed E-state index contributed by atoms with van der Waals surface area (Å²) in [6.45, 7) is 2.12. The molecule has 3 heterocycles. The highest BCUT2D eigenvalue weighted by molar-refractivity contribution is 5.84. The highest BCUT2D eigenvalue weighted by atomic mass is 16.5. The molecular formula is C15H22N6O4. The van der Waals surface area contributed by atoms with Crippen LogP contribution in [0.25, 0.3) is 11.2 Å². The minimum atomic E-state index is -0.490. The van der Waals surface area contributed by atoms with Crippen molar-refractivity contribution in [3.8, 4) is 0 Å². The van der Waals surface area contributed by atoms with E-state index in [1.807, 2.05) is 0 Å². The molecule has 1 saturated heterocycles. The fourth-order valence-electron chi connectivity index (χ4n) is 2.95. The van der Waals surface area contributed by atoms with Crippen LogP contribution in [0.15, 0.2) is 12.7 Å². The van der Waals surface area contributed by atoms with Gasteiger partial charge in [0.1, 0.15) is 12.9 Å². The molecule has 2 N–H and O–H groups in total. The summed E-state index contributed by atoms with van der Waals surface area (Å²) in [5, 5.41) is 18.8. The number of hydrogen-bond acceptors (Lipinski definition) is 8. The molecule has 1 aliphatic rings. The second-order valence-electron chi connectivity index (χ2n) is 5.84. The van der Waals surface area contributed by atoms with E-state index in [2.05, 4.69) is 19.9 Å². The molecule has 0 spiro atoms. The topological polar surface area (TPSA) is 117 Å². The van der Waals surface area contributed by atoms with E-state index in [1.165, 1.54) is 13.4 Å². The standard InChI is InChI=1S/C15H22N6O4/c1-25-8-12(24)19-2-4-20(5-3-19)14-13-15(17-9-16-14)21(10-18-13)11(6-22)7-23/h9-11,22-23H,2-8H2,1H3. The summed E-state index contributed by atoms with van der Waals surface area (Å²) in [7, 11) is 1.51. The number of nitrogens with zero attached hydrogens (tertiary/aromatic N) is 6. The van der Waals surface area contributed by atoms with Crippen molar-refractivity contribution in [3.63, 3.8) is 0 Å². The van der Waals surface area contributed by atoms with Crippen molar-refractivity contribution >= 4 is 22.9 Å². The minimum absolute atomic E-state index is 0.0204. The number of carbonyl (C=O) groups is 1. The monoisotopic (exact) mass is 350 g/mol. The van der Waals surface area contributed by atoms with E-state index in [9.17, 15) is 15.0 Å². The Morgan fingerprint density at radius 3 is 2.56 bits per heavy atom. The van der Waals surface area contributed by atoms with Crippen LogP contribution in [0.5, 0.6) is 0 Å². The normalized spacial score (nSPS) is 15.4. The van der Waals surface area contributed by atoms with Crippen LogP contribution in [0, 0.1) is 0 Å². The summed E-state index contributed by atoms with van der Waals surface area (Å²) in [5.41, 5.74) is 1.18. The van der Waals surface area contributed by atoms with E-state index in [4.69, 9.17) is 4.74 Å². The zero-order chi connectivity index (χ0) is 17.8. The van der Waals surface area contributed by atoms with Crippen molar-refractivity contribution < 1.29 is 19.7 Å². The van der Waals surface area contributed by atoms with Gasteiger partial charge >= 0.3 is 0 Å². The molecule has 0 atom stereocenters. The number of aliphatic hydroxyl groups excluding tert-OH is 2. The van der Waals surface area contributed by atoms with Crippen molar-refractivity contribution in [1.82, 2.24) is 24.4 Å². The van der Waals surface area contributed by atoms with Crippen LogP contribution in [0.2, 0.25) is 0 Å². The predicted molar refractivity (Wildman–Crippen MR) is 89.2 cm³/mol. The third-order valence-electron chi connectivity index (χ3n) is 4.35. The zero-order valence-corrected chi connectivity index (χ0v) is 14.1. The molecule has 0 aliphatic carbocycles. The van der Waals surface area contributed by atoms with Crippen molar-refractivity contribution in [2.45, 2.75) is 6.04 Å². The van der Waals surface area contributed by atoms with Crippen molar-refractivity contribution in [1.29, 1.82) is 0 Å². The van der Waals surface area contributed by atoms with E-state index >= 15 is 0 Å². The molecule has 0 bridgehead atoms. The number of carbonyl (C=O) groups excluding carboxylic acids is 1. The molecule has 136 valence electrons. The average molecular weight is 350 g/mol. The number of methoxy groups -OCH3 is 1. The van der Waals surface area contributed by atoms with Crippen LogP contribution in [0.1, 0.15) is 6.04 Å². The van der Waals surface area contributed by atoms with Crippen LogP contribution in [-0.2, 0) is 9.53 Å². The lowest BCUT2D eigenvalue weighted by atomic mass is 10.3. The van der Waals surface area contributed by atoms with Gasteiger partial charge in [0.2, 0.25) is 5.91 Å². The maximum absolute atomic E-state index is 11.9. The van der Waals surface area contributed by atoms with E-state index in [1.54, 1.807) is 15.8 Å². The van der Waals surface area contributed by atoms with Crippen LogP contribution >= 0.6 is 0 Å². The highest BCUT2D eigenvalue weighted by Crippen LogP contribution is 2.24. The first-order chi connectivity index (χ1) is 12.2. The number of aromatic nitrogens is 4. The lowest BCUT2D eigenvalue weighted by Gasteiger charge is -2.35. The maximum atomic E-state index is 11.9. The van der Waals surface area contributed by atoms with Gasteiger partial charge in [-0.3, -0.25) is 4.79 Å². The summed E-state index contributed by atoms with van der Waals surface area (Å²) in [6.07, 6.45) is 3.00. The van der Waals surface area contributed by atoms with Gasteiger partial charge in [-0.25, -0.2) is 15.0 Å². The summed E-state index contributed by atoms with van der Waals surface area (Å²) >= 11 is 0. The van der Waals surface area contributed by atoms with Crippen LogP contribution in [0.4, 0.5) is 5.82 Å². The molecule has 1 aliphatic heterocycles. The summed E-state index contributed by atoms with van der Waals surface area (Å²) in [4.78, 5) is 28.7. The number of piperazine rings is 1. The first kappa shape index (κ1) is 17.5. The Kier molecular flexibility index (Phi) is 5.41. The Morgan fingerprint density at radius 1 is 1.20 bits per heavy atom. The molecule has 0 unspecified atom stereocenters. The molecule has 2 aromatic heterocycles. The van der Waals surface area contributed by atoms with Crippen LogP contribution < -0.4 is 4.90 Å². The fourth-order valence-corrected chi connectivity index (χ4v) is 2.95. The van der Waals surface area contributed by atoms with Gasteiger partial charge in [-0.2, -0.15) is 0 Å². The van der Waals surface area contributed by atoms with Crippen molar-refractivity contribution in [2.24, 2.45) is 0 Å². The van der Waals surface area contributed by atoms with E-state index in [0.29, 0.717) is 43.2 Å². The second kappa shape index (κ2) is 7.72. The number of hydrogen-bond donors (Lipinski definition) is 2. The number of rotatable bonds is 6. The molecule has 1 amide bonds. The molecule has 0 aromatic carbocycles. The molecule has 2 aromatic rings. The van der Waals surface area contributed by atoms with Gasteiger partial charge in [0.25, 0.3) is 0 Å². The number of aliphatic hydroxyl groups is 2. The summed E-state index contributed by atoms with van der Waals surface area (Å²) < 4.78 is 6.55. The van der Waals surface area contributed by atoms with Gasteiger partial charge < -0.3 is 29.3 Å². The highest BCUT2D eigenvalue weighted by Gasteiger charge is 2.24. The number of fused-ring (bicyclic) bond motifs is 1. The van der Waals surface area contributed by atoms with Crippen LogP contribution in [-0.4, -0.2) is 93.6 Å². The van der Waals surface area contributed by atoms with Gasteiger partial charge in [-0.15, -0.1) is 0 Å². The Hall–Kier alpha value is -2.30. The van der Waals surface area contributed by atoms with Crippen molar-refractivity contribution in [3.05, 3.63) is 12.7 Å². The predicted octanol–water partition coefficient (Wildman–Crippen LogP) is -1.35. The van der Waals surface area contributed by atoms with Gasteiger partial charge in [-0.1, -0.05) is 0 Å². The fraction of sp³-hybridized carbons (Fsp3) is 0.600. The van der Waals surface area contributed by atoms with Gasteiger partial charge in [0.05, 0.1) is 25.6 Å². The SMILES string of the molecule is COCC(=O)N1CCN(c2ncnc3c2ncn3C(CO)CO)CC1. The number of ether oxygens (including phenoxy) is 1. The molecular weight excluding hydrogens is 328 g/mol. The molecule has 1 fully saturated rings. The Balaban J connectivity index is 1.80. The molecule has 0 radical (unpaired) electrons. The lowest BCUT2D eigenvalue weighted by molar-refractivity contribution is -0.135. The average Bonchev–Trinajstić information content (AvgIpc) is 3.07. The number of imidazole rings is 1. The van der Waals surface area contributed by atoms with Gasteiger partial charge in [0, 0.05) is 33.3 Å². The number of anilines is 1. The van der Waals surface area contributed by atoms with Gasteiger partial charge in [-0.05, 0) is 0 Å². The van der Waals surface area contributed by atoms with Crippen LogP contribution in [0.3, 0.4) is 0 Å². The molecule has 0 saturated carbocycles. The third-order valence-corrected chi connectivity index (χ3v) is 4.35. The molecule has 10 nitrogen and oxygen atoms in total. The summed E-state index contributed by atoms with van der Waals surface area (Å²) in [5.74, 6) is 0.671. The zero-order valence-electron chi connectivity index (χ0n) is 14.1. The smallest absolute Gasteiger partial charge is 0.248 e. The third kappa shape index (κ3) is 3.41. The van der Waals surface area contributed by atoms with E-state index < -0.39 is 6.04 Å². The quantitative estimate of drug-likeness (QED) is 0.657. The summed E-state index contributed by atoms with van der Waals surface area (Å²) in [6, 6.07) is -0.490.